The monoisotopic (exact) mass is 1400 g/mol. The van der Waals surface area contributed by atoms with Gasteiger partial charge in [-0.3, -0.25) is 0 Å². The summed E-state index contributed by atoms with van der Waals surface area (Å²) in [7, 11) is 0. The van der Waals surface area contributed by atoms with Crippen molar-refractivity contribution < 1.29 is 0 Å². The Morgan fingerprint density at radius 1 is 0.109 bits per heavy atom. The Balaban J connectivity index is 0.715. The first-order chi connectivity index (χ1) is 54.5. The molecule has 110 heavy (non-hydrogen) atoms. The van der Waals surface area contributed by atoms with Crippen LogP contribution in [0, 0.1) is 0 Å². The molecule has 0 bridgehead atoms. The summed E-state index contributed by atoms with van der Waals surface area (Å²) in [5.41, 5.74) is 17.9. The summed E-state index contributed by atoms with van der Waals surface area (Å²) in [6, 6.07) is 139. The quantitative estimate of drug-likeness (QED) is 0.113. The van der Waals surface area contributed by atoms with E-state index in [4.69, 9.17) is 29.9 Å². The Morgan fingerprint density at radius 3 is 0.682 bits per heavy atom. The zero-order valence-corrected chi connectivity index (χ0v) is 59.6. The number of nitrogens with zero attached hydrogens (tertiary/aromatic N) is 6. The lowest BCUT2D eigenvalue weighted by molar-refractivity contribution is 1.07. The van der Waals surface area contributed by atoms with E-state index in [0.717, 1.165) is 100 Å². The van der Waals surface area contributed by atoms with Crippen molar-refractivity contribution >= 4 is 86.2 Å². The van der Waals surface area contributed by atoms with Crippen LogP contribution in [-0.4, -0.2) is 29.9 Å². The zero-order valence-electron chi connectivity index (χ0n) is 59.6. The molecular formula is C104H64N6. The van der Waals surface area contributed by atoms with Crippen LogP contribution >= 0.6 is 0 Å². The molecule has 6 nitrogen and oxygen atoms in total. The molecule has 0 atom stereocenters. The third-order valence-corrected chi connectivity index (χ3v) is 21.9. The van der Waals surface area contributed by atoms with Crippen molar-refractivity contribution in [2.75, 3.05) is 0 Å². The van der Waals surface area contributed by atoms with Crippen molar-refractivity contribution in [3.63, 3.8) is 0 Å². The highest BCUT2D eigenvalue weighted by Crippen LogP contribution is 2.47. The van der Waals surface area contributed by atoms with Gasteiger partial charge in [0.1, 0.15) is 0 Å². The number of aromatic nitrogens is 6. The molecule has 0 saturated heterocycles. The number of hydrogen-bond donors (Lipinski definition) is 0. The Morgan fingerprint density at radius 2 is 0.318 bits per heavy atom. The van der Waals surface area contributed by atoms with Gasteiger partial charge in [-0.1, -0.05) is 334 Å². The Bertz CT molecular complexity index is 7230. The summed E-state index contributed by atoms with van der Waals surface area (Å²) in [5, 5.41) is 19.8. The maximum absolute atomic E-state index is 5.53. The molecule has 2 aromatic heterocycles. The summed E-state index contributed by atoms with van der Waals surface area (Å²) in [6.45, 7) is 0. The molecule has 0 fully saturated rings. The van der Waals surface area contributed by atoms with Gasteiger partial charge in [0.25, 0.3) is 0 Å². The third-order valence-electron chi connectivity index (χ3n) is 21.9. The van der Waals surface area contributed by atoms with Gasteiger partial charge in [0.2, 0.25) is 0 Å². The predicted molar refractivity (Wildman–Crippen MR) is 458 cm³/mol. The first kappa shape index (κ1) is 63.7. The highest BCUT2D eigenvalue weighted by atomic mass is 15.0. The molecular weight excluding hydrogens is 1330 g/mol. The number of hydrogen-bond acceptors (Lipinski definition) is 6. The summed E-state index contributed by atoms with van der Waals surface area (Å²) < 4.78 is 0. The second-order valence-corrected chi connectivity index (χ2v) is 28.4. The molecule has 510 valence electrons. The van der Waals surface area contributed by atoms with Gasteiger partial charge < -0.3 is 0 Å². The van der Waals surface area contributed by atoms with Crippen molar-refractivity contribution in [1.29, 1.82) is 0 Å². The summed E-state index contributed by atoms with van der Waals surface area (Å²) in [6.07, 6.45) is 0. The minimum Gasteiger partial charge on any atom is -0.208 e. The van der Waals surface area contributed by atoms with E-state index in [-0.39, 0.29) is 0 Å². The van der Waals surface area contributed by atoms with E-state index in [1.54, 1.807) is 0 Å². The average Bonchev–Trinajstić information content (AvgIpc) is 0.726. The van der Waals surface area contributed by atoms with Gasteiger partial charge in [-0.15, -0.1) is 0 Å². The van der Waals surface area contributed by atoms with Crippen LogP contribution in [0.2, 0.25) is 0 Å². The lowest BCUT2D eigenvalue weighted by Crippen LogP contribution is -2.01. The molecule has 0 aliphatic carbocycles. The van der Waals surface area contributed by atoms with Crippen molar-refractivity contribution in [3.05, 3.63) is 388 Å². The molecule has 21 aromatic rings. The molecule has 0 radical (unpaired) electrons. The molecule has 0 aliphatic heterocycles. The lowest BCUT2D eigenvalue weighted by Gasteiger charge is -2.16. The van der Waals surface area contributed by atoms with Crippen LogP contribution in [0.4, 0.5) is 0 Å². The van der Waals surface area contributed by atoms with Gasteiger partial charge in [-0.05, 0) is 208 Å². The van der Waals surface area contributed by atoms with E-state index in [0.29, 0.717) is 34.9 Å². The van der Waals surface area contributed by atoms with Crippen molar-refractivity contribution in [2.45, 2.75) is 0 Å². The third kappa shape index (κ3) is 11.3. The zero-order chi connectivity index (χ0) is 72.6. The van der Waals surface area contributed by atoms with Gasteiger partial charge in [0.05, 0.1) is 0 Å². The molecule has 2 heterocycles. The topological polar surface area (TPSA) is 77.3 Å². The van der Waals surface area contributed by atoms with Crippen molar-refractivity contribution in [1.82, 2.24) is 29.9 Å². The molecule has 0 unspecified atom stereocenters. The largest absolute Gasteiger partial charge is 0.208 e. The lowest BCUT2D eigenvalue weighted by atomic mass is 9.87. The Labute approximate surface area is 635 Å². The van der Waals surface area contributed by atoms with Gasteiger partial charge in [-0.25, -0.2) is 29.9 Å². The van der Waals surface area contributed by atoms with Crippen molar-refractivity contribution in [3.8, 4) is 135 Å². The number of benzene rings is 19. The van der Waals surface area contributed by atoms with Gasteiger partial charge in [-0.2, -0.15) is 0 Å². The summed E-state index contributed by atoms with van der Waals surface area (Å²) >= 11 is 0. The highest BCUT2D eigenvalue weighted by Gasteiger charge is 2.23. The number of fused-ring (bicyclic) bond motifs is 16. The number of rotatable bonds is 12. The second kappa shape index (κ2) is 26.7. The molecule has 6 heteroatoms. The normalized spacial score (nSPS) is 11.6. The summed E-state index contributed by atoms with van der Waals surface area (Å²) in [4.78, 5) is 32.6. The van der Waals surface area contributed by atoms with Crippen LogP contribution in [0.1, 0.15) is 0 Å². The van der Waals surface area contributed by atoms with Crippen LogP contribution in [0.5, 0.6) is 0 Å². The van der Waals surface area contributed by atoms with E-state index in [2.05, 4.69) is 364 Å². The van der Waals surface area contributed by atoms with Crippen LogP contribution in [-0.2, 0) is 0 Å². The van der Waals surface area contributed by atoms with Crippen LogP contribution in [0.15, 0.2) is 388 Å². The van der Waals surface area contributed by atoms with Gasteiger partial charge in [0.15, 0.2) is 34.9 Å². The fraction of sp³-hybridized carbons (Fsp3) is 0. The fourth-order valence-corrected chi connectivity index (χ4v) is 16.6. The van der Waals surface area contributed by atoms with Crippen molar-refractivity contribution in [2.24, 2.45) is 0 Å². The van der Waals surface area contributed by atoms with E-state index in [9.17, 15) is 0 Å². The smallest absolute Gasteiger partial charge is 0.164 e. The van der Waals surface area contributed by atoms with Gasteiger partial charge >= 0.3 is 0 Å². The maximum Gasteiger partial charge on any atom is 0.164 e. The Hall–Kier alpha value is -14.7. The summed E-state index contributed by atoms with van der Waals surface area (Å²) in [5.74, 6) is 3.34. The first-order valence-electron chi connectivity index (χ1n) is 37.4. The predicted octanol–water partition coefficient (Wildman–Crippen LogP) is 27.3. The minimum atomic E-state index is 0.536. The fourth-order valence-electron chi connectivity index (χ4n) is 16.6. The molecule has 21 rings (SSSR count). The second-order valence-electron chi connectivity index (χ2n) is 28.4. The van der Waals surface area contributed by atoms with Crippen LogP contribution < -0.4 is 0 Å². The van der Waals surface area contributed by atoms with Crippen LogP contribution in [0.25, 0.3) is 221 Å². The SMILES string of the molecule is c1ccc(-c2cccc(-c3nc(-c4ccc(-c5cc6c7ccccc7c7ccccc7c6c6ccccc56)cc4)nc(-c4cc(-c5ccccc5)cc(-c5cc(-c6ccccc6)cc(-c6nc(-c7ccccc7)nc(-c7ccc(-c8cc9c%10ccccc%10c%10ccccc%10c9c9ccccc89)cc7)n6)c5)c4)n3)c2)cc1. The molecule has 0 N–H and O–H groups in total. The molecule has 0 amide bonds. The minimum absolute atomic E-state index is 0.536. The molecule has 0 saturated carbocycles. The maximum atomic E-state index is 5.53. The Kier molecular flexibility index (Phi) is 15.5. The van der Waals surface area contributed by atoms with Crippen LogP contribution in [0.3, 0.4) is 0 Å². The van der Waals surface area contributed by atoms with E-state index >= 15 is 0 Å². The van der Waals surface area contributed by atoms with E-state index in [1.165, 1.54) is 86.2 Å². The average molecular weight is 1400 g/mol. The van der Waals surface area contributed by atoms with Gasteiger partial charge in [0, 0.05) is 33.4 Å². The standard InChI is InChI=1S/C104H64N6/c1-5-26-65(27-6-1)73-34-25-35-74(56-73)102-106-101(72-54-50-69(51-55-72)94-64-96-86-41-16-14-37-82(86)84-39-18-22-45-90(84)98(96)92-47-24-20-43-88(92)94)109-104(110-102)80-60-76(67-30-9-3-10-31-67)58-78(62-80)77-57-75(66-28-7-2-8-29-66)59-79(61-77)103-107-99(70-32-11-4-12-33-70)105-100(108-103)71-52-48-68(49-53-71)93-63-95-85-40-15-13-36-81(85)83-38-17-21-44-89(83)97(95)91-46-23-19-42-87(91)93/h1-64H. The molecule has 19 aromatic carbocycles. The highest BCUT2D eigenvalue weighted by molar-refractivity contribution is 6.34. The first-order valence-corrected chi connectivity index (χ1v) is 37.4. The van der Waals surface area contributed by atoms with E-state index < -0.39 is 0 Å². The molecule has 0 spiro atoms. The van der Waals surface area contributed by atoms with E-state index in [1.807, 2.05) is 24.3 Å². The molecule has 0 aliphatic rings.